The maximum absolute atomic E-state index is 13.2. The Labute approximate surface area is 180 Å². The summed E-state index contributed by atoms with van der Waals surface area (Å²) >= 11 is 0. The van der Waals surface area contributed by atoms with Crippen LogP contribution in [0.3, 0.4) is 0 Å². The van der Waals surface area contributed by atoms with E-state index in [0.29, 0.717) is 11.9 Å². The van der Waals surface area contributed by atoms with Crippen LogP contribution < -0.4 is 4.90 Å². The Balaban J connectivity index is 1.27. The molecule has 5 rings (SSSR count). The molecule has 6 nitrogen and oxygen atoms in total. The smallest absolute Gasteiger partial charge is 0.350 e. The van der Waals surface area contributed by atoms with Crippen molar-refractivity contribution < 1.29 is 13.2 Å². The molecule has 0 spiro atoms. The van der Waals surface area contributed by atoms with Gasteiger partial charge in [-0.05, 0) is 56.9 Å². The normalized spacial score (nSPS) is 20.6. The average Bonchev–Trinajstić information content (AvgIpc) is 3.53. The quantitative estimate of drug-likeness (QED) is 0.718. The molecular formula is C22H29F3N6. The minimum atomic E-state index is -4.45. The van der Waals surface area contributed by atoms with Gasteiger partial charge in [-0.3, -0.25) is 9.58 Å². The number of piperidine rings is 1. The Morgan fingerprint density at radius 1 is 1.03 bits per heavy atom. The monoisotopic (exact) mass is 434 g/mol. The second-order valence-corrected chi connectivity index (χ2v) is 9.11. The largest absolute Gasteiger partial charge is 0.433 e. The molecule has 0 amide bonds. The van der Waals surface area contributed by atoms with E-state index in [1.54, 1.807) is 0 Å². The van der Waals surface area contributed by atoms with E-state index in [2.05, 4.69) is 24.4 Å². The van der Waals surface area contributed by atoms with Crippen LogP contribution >= 0.6 is 0 Å². The standard InChI is InChI=1S/C22H29F3N6/c1-29-19(17-4-2-3-5-18(17)28-29)13-30-10-8-16(9-11-30)31(15-6-7-15)21-12-20(22(23,24)25)26-14-27-21/h12,14-16H,2-11,13H2,1H3. The fraction of sp³-hybridized carbons (Fsp3) is 0.682. The van der Waals surface area contributed by atoms with Crippen LogP contribution in [0.4, 0.5) is 19.0 Å². The molecular weight excluding hydrogens is 405 g/mol. The number of halogens is 3. The van der Waals surface area contributed by atoms with Crippen molar-refractivity contribution in [2.45, 2.75) is 76.2 Å². The highest BCUT2D eigenvalue weighted by Crippen LogP contribution is 2.37. The van der Waals surface area contributed by atoms with Crippen molar-refractivity contribution in [2.24, 2.45) is 7.05 Å². The third kappa shape index (κ3) is 4.29. The number of fused-ring (bicyclic) bond motifs is 1. The number of likely N-dealkylation sites (tertiary alicyclic amines) is 1. The van der Waals surface area contributed by atoms with Gasteiger partial charge in [0.2, 0.25) is 0 Å². The van der Waals surface area contributed by atoms with Crippen molar-refractivity contribution in [3.05, 3.63) is 35.0 Å². The molecule has 9 heteroatoms. The fourth-order valence-corrected chi connectivity index (χ4v) is 5.18. The molecule has 2 aromatic heterocycles. The molecule has 1 saturated carbocycles. The van der Waals surface area contributed by atoms with Crippen molar-refractivity contribution >= 4 is 5.82 Å². The third-order valence-corrected chi connectivity index (χ3v) is 6.92. The first-order valence-electron chi connectivity index (χ1n) is 11.3. The van der Waals surface area contributed by atoms with Crippen molar-refractivity contribution in [1.82, 2.24) is 24.6 Å². The second-order valence-electron chi connectivity index (χ2n) is 9.11. The van der Waals surface area contributed by atoms with Crippen LogP contribution in [0.25, 0.3) is 0 Å². The Morgan fingerprint density at radius 3 is 2.45 bits per heavy atom. The van der Waals surface area contributed by atoms with Crippen molar-refractivity contribution in [2.75, 3.05) is 18.0 Å². The van der Waals surface area contributed by atoms with E-state index >= 15 is 0 Å². The maximum atomic E-state index is 13.2. The van der Waals surface area contributed by atoms with E-state index in [-0.39, 0.29) is 6.04 Å². The molecule has 168 valence electrons. The number of alkyl halides is 3. The number of aryl methyl sites for hydroxylation is 2. The topological polar surface area (TPSA) is 50.1 Å². The van der Waals surface area contributed by atoms with E-state index < -0.39 is 11.9 Å². The highest BCUT2D eigenvalue weighted by molar-refractivity contribution is 5.44. The molecule has 1 aliphatic heterocycles. The van der Waals surface area contributed by atoms with Crippen LogP contribution in [0, 0.1) is 0 Å². The highest BCUT2D eigenvalue weighted by atomic mass is 19.4. The first-order chi connectivity index (χ1) is 14.9. The molecule has 3 aliphatic rings. The van der Waals surface area contributed by atoms with Gasteiger partial charge >= 0.3 is 6.18 Å². The summed E-state index contributed by atoms with van der Waals surface area (Å²) < 4.78 is 41.5. The first kappa shape index (κ1) is 20.7. The van der Waals surface area contributed by atoms with Crippen LogP contribution in [-0.4, -0.2) is 49.8 Å². The zero-order chi connectivity index (χ0) is 21.6. The van der Waals surface area contributed by atoms with Gasteiger partial charge < -0.3 is 4.90 Å². The van der Waals surface area contributed by atoms with Crippen molar-refractivity contribution in [3.8, 4) is 0 Å². The van der Waals surface area contributed by atoms with Crippen LogP contribution in [0.1, 0.15) is 61.2 Å². The molecule has 0 aromatic carbocycles. The summed E-state index contributed by atoms with van der Waals surface area (Å²) in [5, 5.41) is 4.73. The molecule has 1 saturated heterocycles. The van der Waals surface area contributed by atoms with Crippen molar-refractivity contribution in [1.29, 1.82) is 0 Å². The van der Waals surface area contributed by atoms with E-state index in [4.69, 9.17) is 5.10 Å². The van der Waals surface area contributed by atoms with Gasteiger partial charge in [0.15, 0.2) is 0 Å². The highest BCUT2D eigenvalue weighted by Gasteiger charge is 2.39. The van der Waals surface area contributed by atoms with Gasteiger partial charge in [-0.2, -0.15) is 18.3 Å². The molecule has 2 fully saturated rings. The molecule has 0 unspecified atom stereocenters. The van der Waals surface area contributed by atoms with E-state index in [1.165, 1.54) is 29.8 Å². The molecule has 2 aromatic rings. The Bertz CT molecular complexity index is 928. The Hall–Kier alpha value is -2.16. The lowest BCUT2D eigenvalue weighted by atomic mass is 9.95. The Morgan fingerprint density at radius 2 is 1.74 bits per heavy atom. The van der Waals surface area contributed by atoms with Crippen LogP contribution in [0.15, 0.2) is 12.4 Å². The van der Waals surface area contributed by atoms with Gasteiger partial charge in [0.25, 0.3) is 0 Å². The summed E-state index contributed by atoms with van der Waals surface area (Å²) in [6.45, 7) is 2.77. The predicted octanol–water partition coefficient (Wildman–Crippen LogP) is 3.74. The Kier molecular flexibility index (Phi) is 5.40. The predicted molar refractivity (Wildman–Crippen MR) is 111 cm³/mol. The zero-order valence-corrected chi connectivity index (χ0v) is 17.9. The lowest BCUT2D eigenvalue weighted by Crippen LogP contribution is -2.46. The molecule has 3 heterocycles. The number of anilines is 1. The van der Waals surface area contributed by atoms with E-state index in [9.17, 15) is 13.2 Å². The maximum Gasteiger partial charge on any atom is 0.433 e. The summed E-state index contributed by atoms with van der Waals surface area (Å²) in [6.07, 6.45) is 5.18. The van der Waals surface area contributed by atoms with E-state index in [1.807, 2.05) is 7.05 Å². The van der Waals surface area contributed by atoms with Gasteiger partial charge in [-0.15, -0.1) is 0 Å². The molecule has 0 bridgehead atoms. The summed E-state index contributed by atoms with van der Waals surface area (Å²) in [5.74, 6) is 0.420. The minimum Gasteiger partial charge on any atom is -0.350 e. The van der Waals surface area contributed by atoms with Crippen LogP contribution in [0.5, 0.6) is 0 Å². The lowest BCUT2D eigenvalue weighted by Gasteiger charge is -2.39. The van der Waals surface area contributed by atoms with Gasteiger partial charge in [-0.25, -0.2) is 9.97 Å². The summed E-state index contributed by atoms with van der Waals surface area (Å²) in [7, 11) is 2.04. The first-order valence-corrected chi connectivity index (χ1v) is 11.3. The van der Waals surface area contributed by atoms with Gasteiger partial charge in [-0.1, -0.05) is 0 Å². The fourth-order valence-electron chi connectivity index (χ4n) is 5.18. The summed E-state index contributed by atoms with van der Waals surface area (Å²) in [4.78, 5) is 12.3. The van der Waals surface area contributed by atoms with Gasteiger partial charge in [0.1, 0.15) is 17.8 Å². The van der Waals surface area contributed by atoms with Crippen molar-refractivity contribution in [3.63, 3.8) is 0 Å². The molecule has 0 radical (unpaired) electrons. The number of aromatic nitrogens is 4. The SMILES string of the molecule is Cn1nc2c(c1CN1CCC(N(c3cc(C(F)(F)F)ncn3)C3CC3)CC1)CCCC2. The van der Waals surface area contributed by atoms with E-state index in [0.717, 1.165) is 70.6 Å². The molecule has 0 atom stereocenters. The third-order valence-electron chi connectivity index (χ3n) is 6.92. The number of hydrogen-bond donors (Lipinski definition) is 0. The summed E-state index contributed by atoms with van der Waals surface area (Å²) in [5.41, 5.74) is 3.18. The van der Waals surface area contributed by atoms with Gasteiger partial charge in [0.05, 0.1) is 11.4 Å². The number of rotatable bonds is 5. The lowest BCUT2D eigenvalue weighted by molar-refractivity contribution is -0.141. The molecule has 0 N–H and O–H groups in total. The van der Waals surface area contributed by atoms with Crippen LogP contribution in [-0.2, 0) is 32.6 Å². The molecule has 31 heavy (non-hydrogen) atoms. The zero-order valence-electron chi connectivity index (χ0n) is 17.9. The van der Waals surface area contributed by atoms with Gasteiger partial charge in [0, 0.05) is 44.8 Å². The van der Waals surface area contributed by atoms with Crippen LogP contribution in [0.2, 0.25) is 0 Å². The number of nitrogens with zero attached hydrogens (tertiary/aromatic N) is 6. The minimum absolute atomic E-state index is 0.222. The molecule has 2 aliphatic carbocycles. The summed E-state index contributed by atoms with van der Waals surface area (Å²) in [6, 6.07) is 1.64. The second kappa shape index (κ2) is 8.07. The number of hydrogen-bond acceptors (Lipinski definition) is 5. The average molecular weight is 435 g/mol.